The third-order valence-electron chi connectivity index (χ3n) is 4.75. The van der Waals surface area contributed by atoms with Crippen LogP contribution in [-0.2, 0) is 9.47 Å². The number of para-hydroxylation sites is 1. The Bertz CT molecular complexity index is 623. The lowest BCUT2D eigenvalue weighted by Crippen LogP contribution is -2.57. The first-order chi connectivity index (χ1) is 12.2. The zero-order valence-electron chi connectivity index (χ0n) is 14.8. The van der Waals surface area contributed by atoms with Crippen LogP contribution >= 0.6 is 0 Å². The summed E-state index contributed by atoms with van der Waals surface area (Å²) in [6, 6.07) is 5.26. The van der Waals surface area contributed by atoms with Crippen molar-refractivity contribution in [1.82, 2.24) is 4.90 Å². The molecule has 0 aliphatic carbocycles. The van der Waals surface area contributed by atoms with Crippen LogP contribution < -0.4 is 4.74 Å². The van der Waals surface area contributed by atoms with Gasteiger partial charge in [-0.2, -0.15) is 0 Å². The van der Waals surface area contributed by atoms with E-state index in [1.807, 2.05) is 11.8 Å². The lowest BCUT2D eigenvalue weighted by atomic mass is 9.93. The molecule has 2 saturated heterocycles. The standard InChI is InChI=1S/C19H25NO5/c1-3-24-17-15(9-6-10-16(17)19(22)25-4-2)18(21)20-13-7-5-8-14(20)12-23-11-13/h6,9-10,13-14H,3-5,7-8,11-12H2,1-2H3. The summed E-state index contributed by atoms with van der Waals surface area (Å²) in [5, 5.41) is 0. The summed E-state index contributed by atoms with van der Waals surface area (Å²) < 4.78 is 16.4. The van der Waals surface area contributed by atoms with Gasteiger partial charge in [-0.05, 0) is 45.2 Å². The van der Waals surface area contributed by atoms with Gasteiger partial charge in [0.15, 0.2) is 0 Å². The van der Waals surface area contributed by atoms with Gasteiger partial charge in [0.25, 0.3) is 5.91 Å². The first-order valence-corrected chi connectivity index (χ1v) is 9.00. The predicted molar refractivity (Wildman–Crippen MR) is 92.0 cm³/mol. The molecule has 6 heteroatoms. The van der Waals surface area contributed by atoms with E-state index in [4.69, 9.17) is 14.2 Å². The quantitative estimate of drug-likeness (QED) is 0.766. The highest BCUT2D eigenvalue weighted by Crippen LogP contribution is 2.33. The summed E-state index contributed by atoms with van der Waals surface area (Å²) >= 11 is 0. The number of hydrogen-bond acceptors (Lipinski definition) is 5. The van der Waals surface area contributed by atoms with Gasteiger partial charge in [-0.1, -0.05) is 6.07 Å². The second-order valence-corrected chi connectivity index (χ2v) is 6.32. The van der Waals surface area contributed by atoms with Crippen molar-refractivity contribution < 1.29 is 23.8 Å². The van der Waals surface area contributed by atoms with Crippen LogP contribution in [0.25, 0.3) is 0 Å². The Labute approximate surface area is 148 Å². The van der Waals surface area contributed by atoms with Crippen molar-refractivity contribution in [3.8, 4) is 5.75 Å². The third kappa shape index (κ3) is 3.49. The Kier molecular flexibility index (Phi) is 5.58. The molecular weight excluding hydrogens is 322 g/mol. The Hall–Kier alpha value is -2.08. The fourth-order valence-electron chi connectivity index (χ4n) is 3.68. The van der Waals surface area contributed by atoms with Crippen LogP contribution in [0.3, 0.4) is 0 Å². The number of hydrogen-bond donors (Lipinski definition) is 0. The molecule has 2 aliphatic rings. The second-order valence-electron chi connectivity index (χ2n) is 6.32. The average molecular weight is 347 g/mol. The van der Waals surface area contributed by atoms with Crippen molar-refractivity contribution in [3.63, 3.8) is 0 Å². The van der Waals surface area contributed by atoms with E-state index in [0.29, 0.717) is 36.7 Å². The van der Waals surface area contributed by atoms with Crippen molar-refractivity contribution in [1.29, 1.82) is 0 Å². The van der Waals surface area contributed by atoms with Gasteiger partial charge in [-0.25, -0.2) is 4.79 Å². The molecule has 0 spiro atoms. The minimum atomic E-state index is -0.470. The molecule has 136 valence electrons. The maximum atomic E-state index is 13.3. The number of rotatable bonds is 5. The largest absolute Gasteiger partial charge is 0.492 e. The smallest absolute Gasteiger partial charge is 0.341 e. The minimum Gasteiger partial charge on any atom is -0.492 e. The van der Waals surface area contributed by atoms with E-state index < -0.39 is 5.97 Å². The van der Waals surface area contributed by atoms with E-state index in [2.05, 4.69) is 0 Å². The number of nitrogens with zero attached hydrogens (tertiary/aromatic N) is 1. The molecule has 2 atom stereocenters. The van der Waals surface area contributed by atoms with Crippen molar-refractivity contribution in [2.75, 3.05) is 26.4 Å². The van der Waals surface area contributed by atoms with Gasteiger partial charge in [-0.3, -0.25) is 4.79 Å². The topological polar surface area (TPSA) is 65.1 Å². The van der Waals surface area contributed by atoms with E-state index in [0.717, 1.165) is 19.3 Å². The number of morpholine rings is 1. The van der Waals surface area contributed by atoms with E-state index >= 15 is 0 Å². The SMILES string of the molecule is CCOC(=O)c1cccc(C(=O)N2C3CCCC2COC3)c1OCC. The minimum absolute atomic E-state index is 0.0902. The summed E-state index contributed by atoms with van der Waals surface area (Å²) in [5.74, 6) is -0.242. The molecule has 2 bridgehead atoms. The molecule has 6 nitrogen and oxygen atoms in total. The van der Waals surface area contributed by atoms with Gasteiger partial charge < -0.3 is 19.1 Å². The second kappa shape index (κ2) is 7.87. The van der Waals surface area contributed by atoms with E-state index in [1.54, 1.807) is 25.1 Å². The van der Waals surface area contributed by atoms with Crippen molar-refractivity contribution in [2.45, 2.75) is 45.2 Å². The van der Waals surface area contributed by atoms with Crippen molar-refractivity contribution in [3.05, 3.63) is 29.3 Å². The van der Waals surface area contributed by atoms with Crippen LogP contribution in [0.2, 0.25) is 0 Å². The lowest BCUT2D eigenvalue weighted by Gasteiger charge is -2.45. The molecule has 0 radical (unpaired) electrons. The molecule has 2 aliphatic heterocycles. The number of benzene rings is 1. The van der Waals surface area contributed by atoms with Gasteiger partial charge in [0.2, 0.25) is 0 Å². The molecule has 2 fully saturated rings. The number of fused-ring (bicyclic) bond motifs is 2. The molecule has 0 saturated carbocycles. The Morgan fingerprint density at radius 3 is 2.44 bits per heavy atom. The molecule has 2 heterocycles. The Balaban J connectivity index is 1.96. The number of piperidine rings is 1. The predicted octanol–water partition coefficient (Wildman–Crippen LogP) is 2.66. The highest BCUT2D eigenvalue weighted by molar-refractivity contribution is 6.02. The first-order valence-electron chi connectivity index (χ1n) is 9.00. The van der Waals surface area contributed by atoms with Crippen molar-refractivity contribution in [2.24, 2.45) is 0 Å². The van der Waals surface area contributed by atoms with E-state index in [1.165, 1.54) is 0 Å². The summed E-state index contributed by atoms with van der Waals surface area (Å²) in [7, 11) is 0. The summed E-state index contributed by atoms with van der Waals surface area (Å²) in [6.45, 7) is 5.37. The summed E-state index contributed by atoms with van der Waals surface area (Å²) in [4.78, 5) is 27.5. The van der Waals surface area contributed by atoms with Gasteiger partial charge in [0.05, 0.1) is 44.1 Å². The van der Waals surface area contributed by atoms with Gasteiger partial charge in [0, 0.05) is 0 Å². The zero-order valence-corrected chi connectivity index (χ0v) is 14.8. The van der Waals surface area contributed by atoms with E-state index in [9.17, 15) is 9.59 Å². The molecule has 0 aromatic heterocycles. The third-order valence-corrected chi connectivity index (χ3v) is 4.75. The van der Waals surface area contributed by atoms with Gasteiger partial charge >= 0.3 is 5.97 Å². The molecule has 0 N–H and O–H groups in total. The summed E-state index contributed by atoms with van der Waals surface area (Å²) in [5.41, 5.74) is 0.721. The lowest BCUT2D eigenvalue weighted by molar-refractivity contribution is -0.0567. The highest BCUT2D eigenvalue weighted by atomic mass is 16.5. The highest BCUT2D eigenvalue weighted by Gasteiger charge is 2.39. The van der Waals surface area contributed by atoms with Gasteiger partial charge in [0.1, 0.15) is 11.3 Å². The average Bonchev–Trinajstić information content (AvgIpc) is 2.61. The van der Waals surface area contributed by atoms with Crippen LogP contribution in [0.5, 0.6) is 5.75 Å². The van der Waals surface area contributed by atoms with Crippen LogP contribution in [0, 0.1) is 0 Å². The Morgan fingerprint density at radius 2 is 1.80 bits per heavy atom. The number of carbonyl (C=O) groups is 2. The van der Waals surface area contributed by atoms with Gasteiger partial charge in [-0.15, -0.1) is 0 Å². The molecule has 1 aromatic carbocycles. The number of amides is 1. The monoisotopic (exact) mass is 347 g/mol. The number of esters is 1. The Morgan fingerprint density at radius 1 is 1.12 bits per heavy atom. The maximum absolute atomic E-state index is 13.3. The normalized spacial score (nSPS) is 22.4. The fourth-order valence-corrected chi connectivity index (χ4v) is 3.68. The molecule has 1 aromatic rings. The van der Waals surface area contributed by atoms with Crippen LogP contribution in [-0.4, -0.2) is 55.3 Å². The molecule has 1 amide bonds. The number of carbonyl (C=O) groups excluding carboxylic acids is 2. The van der Waals surface area contributed by atoms with Crippen LogP contribution in [0.1, 0.15) is 53.8 Å². The molecule has 25 heavy (non-hydrogen) atoms. The first kappa shape index (κ1) is 17.7. The van der Waals surface area contributed by atoms with Crippen LogP contribution in [0.4, 0.5) is 0 Å². The molecule has 2 unspecified atom stereocenters. The van der Waals surface area contributed by atoms with Crippen molar-refractivity contribution >= 4 is 11.9 Å². The molecular formula is C19H25NO5. The van der Waals surface area contributed by atoms with E-state index in [-0.39, 0.29) is 24.6 Å². The zero-order chi connectivity index (χ0) is 17.8. The molecule has 3 rings (SSSR count). The number of ether oxygens (including phenoxy) is 3. The van der Waals surface area contributed by atoms with Crippen LogP contribution in [0.15, 0.2) is 18.2 Å². The maximum Gasteiger partial charge on any atom is 0.341 e. The fraction of sp³-hybridized carbons (Fsp3) is 0.579. The summed E-state index contributed by atoms with van der Waals surface area (Å²) in [6.07, 6.45) is 3.01.